The molecule has 0 aliphatic heterocycles. The summed E-state index contributed by atoms with van der Waals surface area (Å²) in [6.45, 7) is 0. The van der Waals surface area contributed by atoms with Crippen LogP contribution in [0.3, 0.4) is 0 Å². The van der Waals surface area contributed by atoms with E-state index in [9.17, 15) is 14.7 Å². The van der Waals surface area contributed by atoms with Crippen molar-refractivity contribution in [3.05, 3.63) is 30.2 Å². The van der Waals surface area contributed by atoms with Crippen molar-refractivity contribution in [2.24, 2.45) is 5.92 Å². The summed E-state index contributed by atoms with van der Waals surface area (Å²) >= 11 is 0. The second kappa shape index (κ2) is 4.50. The van der Waals surface area contributed by atoms with Gasteiger partial charge >= 0.3 is 5.97 Å². The van der Waals surface area contributed by atoms with E-state index in [4.69, 9.17) is 4.42 Å². The molecule has 0 radical (unpaired) electrons. The molecule has 1 aliphatic rings. The molecule has 0 saturated heterocycles. The fourth-order valence-electron chi connectivity index (χ4n) is 2.76. The Kier molecular flexibility index (Phi) is 2.81. The van der Waals surface area contributed by atoms with Crippen LogP contribution in [0.15, 0.2) is 29.0 Å². The van der Waals surface area contributed by atoms with Crippen LogP contribution < -0.4 is 0 Å². The zero-order chi connectivity index (χ0) is 13.4. The molecule has 5 nitrogen and oxygen atoms in total. The van der Waals surface area contributed by atoms with E-state index < -0.39 is 11.9 Å². The van der Waals surface area contributed by atoms with E-state index >= 15 is 0 Å². The number of oxazole rings is 1. The molecule has 1 heterocycles. The molecule has 2 unspecified atom stereocenters. The summed E-state index contributed by atoms with van der Waals surface area (Å²) in [7, 11) is 0. The quantitative estimate of drug-likeness (QED) is 0.895. The van der Waals surface area contributed by atoms with E-state index in [1.165, 1.54) is 6.39 Å². The normalized spacial score (nSPS) is 23.7. The summed E-state index contributed by atoms with van der Waals surface area (Å²) in [5.74, 6) is -1.48. The summed E-state index contributed by atoms with van der Waals surface area (Å²) in [5, 5.41) is 9.28. The van der Waals surface area contributed by atoms with Gasteiger partial charge in [0.25, 0.3) is 0 Å². The first-order valence-corrected chi connectivity index (χ1v) is 6.23. The van der Waals surface area contributed by atoms with Crippen molar-refractivity contribution in [3.8, 4) is 0 Å². The average Bonchev–Trinajstić information content (AvgIpc) is 2.85. The largest absolute Gasteiger partial charge is 0.481 e. The van der Waals surface area contributed by atoms with E-state index in [1.807, 2.05) is 6.07 Å². The molecule has 0 bridgehead atoms. The van der Waals surface area contributed by atoms with Gasteiger partial charge in [0.1, 0.15) is 11.3 Å². The Morgan fingerprint density at radius 3 is 3.05 bits per heavy atom. The van der Waals surface area contributed by atoms with E-state index in [2.05, 4.69) is 4.98 Å². The number of Topliss-reactive ketones (excluding diaryl/α,β-unsaturated/α-hetero) is 1. The number of benzene rings is 1. The van der Waals surface area contributed by atoms with Gasteiger partial charge < -0.3 is 9.52 Å². The number of nitrogens with zero attached hydrogens (tertiary/aromatic N) is 1. The van der Waals surface area contributed by atoms with Crippen LogP contribution in [0.1, 0.15) is 30.7 Å². The lowest BCUT2D eigenvalue weighted by atomic mass is 9.75. The van der Waals surface area contributed by atoms with E-state index in [0.29, 0.717) is 18.4 Å². The summed E-state index contributed by atoms with van der Waals surface area (Å²) in [6, 6.07) is 5.43. The number of rotatable bonds is 2. The Morgan fingerprint density at radius 2 is 2.26 bits per heavy atom. The third kappa shape index (κ3) is 2.12. The maximum absolute atomic E-state index is 11.6. The number of carboxylic acid groups (broad SMARTS) is 1. The van der Waals surface area contributed by atoms with Gasteiger partial charge in [-0.25, -0.2) is 4.98 Å². The fraction of sp³-hybridized carbons (Fsp3) is 0.357. The van der Waals surface area contributed by atoms with Crippen LogP contribution in [0, 0.1) is 5.92 Å². The van der Waals surface area contributed by atoms with Crippen molar-refractivity contribution in [1.82, 2.24) is 4.98 Å². The molecule has 1 N–H and O–H groups in total. The van der Waals surface area contributed by atoms with Crippen molar-refractivity contribution in [2.75, 3.05) is 0 Å². The maximum atomic E-state index is 11.6. The van der Waals surface area contributed by atoms with Crippen LogP contribution in [0.2, 0.25) is 0 Å². The molecule has 5 heteroatoms. The first kappa shape index (κ1) is 11.9. The Labute approximate surface area is 109 Å². The summed E-state index contributed by atoms with van der Waals surface area (Å²) in [4.78, 5) is 26.9. The minimum Gasteiger partial charge on any atom is -0.481 e. The molecule has 19 heavy (non-hydrogen) atoms. The Bertz CT molecular complexity index is 646. The maximum Gasteiger partial charge on any atom is 0.307 e. The minimum atomic E-state index is -0.838. The molecule has 0 spiro atoms. The molecule has 2 atom stereocenters. The van der Waals surface area contributed by atoms with Crippen LogP contribution in [-0.4, -0.2) is 21.8 Å². The standard InChI is InChI=1S/C14H13NO4/c16-9-2-3-10(14(17)18)11(6-9)8-1-4-12-13(5-8)19-7-15-12/h1,4-5,7,10-11H,2-3,6H2,(H,17,18). The highest BCUT2D eigenvalue weighted by Gasteiger charge is 2.35. The molecule has 1 aromatic carbocycles. The van der Waals surface area contributed by atoms with Crippen LogP contribution in [0.4, 0.5) is 0 Å². The minimum absolute atomic E-state index is 0.125. The van der Waals surface area contributed by atoms with Gasteiger partial charge in [-0.15, -0.1) is 0 Å². The molecule has 1 aromatic heterocycles. The van der Waals surface area contributed by atoms with Gasteiger partial charge in [-0.3, -0.25) is 9.59 Å². The second-order valence-electron chi connectivity index (χ2n) is 4.91. The van der Waals surface area contributed by atoms with E-state index in [0.717, 1.165) is 11.1 Å². The van der Waals surface area contributed by atoms with Crippen LogP contribution in [0.5, 0.6) is 0 Å². The molecular weight excluding hydrogens is 246 g/mol. The van der Waals surface area contributed by atoms with Gasteiger partial charge in [0.2, 0.25) is 0 Å². The fourth-order valence-corrected chi connectivity index (χ4v) is 2.76. The lowest BCUT2D eigenvalue weighted by Crippen LogP contribution is -2.29. The van der Waals surface area contributed by atoms with Gasteiger partial charge in [-0.05, 0) is 24.1 Å². The number of carbonyl (C=O) groups is 2. The van der Waals surface area contributed by atoms with E-state index in [-0.39, 0.29) is 18.1 Å². The highest BCUT2D eigenvalue weighted by atomic mass is 16.4. The Balaban J connectivity index is 2.00. The Hall–Kier alpha value is -2.17. The van der Waals surface area contributed by atoms with Crippen LogP contribution >= 0.6 is 0 Å². The first-order chi connectivity index (χ1) is 9.15. The van der Waals surface area contributed by atoms with Gasteiger partial charge in [0.15, 0.2) is 12.0 Å². The molecule has 1 fully saturated rings. The molecule has 0 amide bonds. The average molecular weight is 259 g/mol. The van der Waals surface area contributed by atoms with Crippen molar-refractivity contribution >= 4 is 22.9 Å². The van der Waals surface area contributed by atoms with Crippen LogP contribution in [-0.2, 0) is 9.59 Å². The van der Waals surface area contributed by atoms with Crippen molar-refractivity contribution in [2.45, 2.75) is 25.2 Å². The van der Waals surface area contributed by atoms with Crippen molar-refractivity contribution < 1.29 is 19.1 Å². The molecular formula is C14H13NO4. The third-order valence-electron chi connectivity index (χ3n) is 3.77. The number of aromatic nitrogens is 1. The number of hydrogen-bond acceptors (Lipinski definition) is 4. The van der Waals surface area contributed by atoms with Gasteiger partial charge in [-0.1, -0.05) is 6.07 Å². The number of carbonyl (C=O) groups excluding carboxylic acids is 1. The zero-order valence-electron chi connectivity index (χ0n) is 10.2. The summed E-state index contributed by atoms with van der Waals surface area (Å²) < 4.78 is 5.23. The number of aliphatic carboxylic acids is 1. The topological polar surface area (TPSA) is 80.4 Å². The van der Waals surface area contributed by atoms with Gasteiger partial charge in [0.05, 0.1) is 5.92 Å². The van der Waals surface area contributed by atoms with E-state index in [1.54, 1.807) is 12.1 Å². The summed E-state index contributed by atoms with van der Waals surface area (Å²) in [5.41, 5.74) is 2.20. The van der Waals surface area contributed by atoms with Crippen molar-refractivity contribution in [3.63, 3.8) is 0 Å². The predicted octanol–water partition coefficient (Wildman–Crippen LogP) is 2.37. The second-order valence-corrected chi connectivity index (χ2v) is 4.91. The number of ketones is 1. The SMILES string of the molecule is O=C1CCC(C(=O)O)C(c2ccc3ncoc3c2)C1. The van der Waals surface area contributed by atoms with Gasteiger partial charge in [-0.2, -0.15) is 0 Å². The zero-order valence-corrected chi connectivity index (χ0v) is 10.2. The molecule has 1 saturated carbocycles. The summed E-state index contributed by atoms with van der Waals surface area (Å²) in [6.07, 6.45) is 2.41. The highest BCUT2D eigenvalue weighted by molar-refractivity contribution is 5.84. The smallest absolute Gasteiger partial charge is 0.307 e. The molecule has 2 aromatic rings. The van der Waals surface area contributed by atoms with Crippen molar-refractivity contribution in [1.29, 1.82) is 0 Å². The number of fused-ring (bicyclic) bond motifs is 1. The molecule has 3 rings (SSSR count). The number of carboxylic acids is 1. The predicted molar refractivity (Wildman–Crippen MR) is 66.7 cm³/mol. The lowest BCUT2D eigenvalue weighted by molar-refractivity contribution is -0.144. The lowest BCUT2D eigenvalue weighted by Gasteiger charge is -2.27. The molecule has 1 aliphatic carbocycles. The highest BCUT2D eigenvalue weighted by Crippen LogP contribution is 2.37. The first-order valence-electron chi connectivity index (χ1n) is 6.23. The third-order valence-corrected chi connectivity index (χ3v) is 3.77. The Morgan fingerprint density at radius 1 is 1.42 bits per heavy atom. The van der Waals surface area contributed by atoms with Gasteiger partial charge in [0, 0.05) is 18.8 Å². The van der Waals surface area contributed by atoms with Crippen LogP contribution in [0.25, 0.3) is 11.1 Å². The monoisotopic (exact) mass is 259 g/mol. The molecule has 98 valence electrons. The number of hydrogen-bond donors (Lipinski definition) is 1.